The highest BCUT2D eigenvalue weighted by Crippen LogP contribution is 2.31. The van der Waals surface area contributed by atoms with Gasteiger partial charge < -0.3 is 15.0 Å². The van der Waals surface area contributed by atoms with Gasteiger partial charge in [0.05, 0.1) is 11.0 Å². The van der Waals surface area contributed by atoms with Crippen molar-refractivity contribution in [3.8, 4) is 0 Å². The first-order chi connectivity index (χ1) is 10.2. The van der Waals surface area contributed by atoms with Crippen LogP contribution in [0, 0.1) is 10.1 Å². The standard InChI is InChI=1S/C15H21N3O3/c19-18(20)15-6-5-12(17-7-1-2-8-17)10-14(15)16-11-13-4-3-9-21-13/h5-6,10,13,16H,1-4,7-9,11H2/t13-/m0/s1. The van der Waals surface area contributed by atoms with Crippen LogP contribution < -0.4 is 10.2 Å². The third kappa shape index (κ3) is 3.26. The molecule has 0 amide bonds. The maximum absolute atomic E-state index is 11.2. The van der Waals surface area contributed by atoms with Gasteiger partial charge in [0.2, 0.25) is 0 Å². The Hall–Kier alpha value is -1.82. The first-order valence-corrected chi connectivity index (χ1v) is 7.63. The molecule has 0 aromatic heterocycles. The van der Waals surface area contributed by atoms with Crippen molar-refractivity contribution in [2.75, 3.05) is 36.5 Å². The van der Waals surface area contributed by atoms with E-state index in [4.69, 9.17) is 4.74 Å². The van der Waals surface area contributed by atoms with Crippen molar-refractivity contribution >= 4 is 17.1 Å². The fourth-order valence-corrected chi connectivity index (χ4v) is 3.03. The van der Waals surface area contributed by atoms with Gasteiger partial charge in [-0.05, 0) is 37.8 Å². The van der Waals surface area contributed by atoms with Gasteiger partial charge in [-0.25, -0.2) is 0 Å². The fourth-order valence-electron chi connectivity index (χ4n) is 3.03. The molecule has 3 rings (SSSR count). The van der Waals surface area contributed by atoms with Gasteiger partial charge in [-0.15, -0.1) is 0 Å². The molecule has 1 aromatic rings. The third-order valence-corrected chi connectivity index (χ3v) is 4.19. The molecule has 0 aliphatic carbocycles. The number of hydrogen-bond acceptors (Lipinski definition) is 5. The molecule has 2 fully saturated rings. The normalized spacial score (nSPS) is 21.7. The Bertz CT molecular complexity index is 509. The monoisotopic (exact) mass is 291 g/mol. The Kier molecular flexibility index (Phi) is 4.24. The van der Waals surface area contributed by atoms with Crippen molar-refractivity contribution in [1.29, 1.82) is 0 Å². The Morgan fingerprint density at radius 2 is 2.14 bits per heavy atom. The van der Waals surface area contributed by atoms with Crippen molar-refractivity contribution in [3.63, 3.8) is 0 Å². The van der Waals surface area contributed by atoms with Gasteiger partial charge in [0.25, 0.3) is 5.69 Å². The van der Waals surface area contributed by atoms with E-state index in [0.29, 0.717) is 12.2 Å². The first-order valence-electron chi connectivity index (χ1n) is 7.63. The fraction of sp³-hybridized carbons (Fsp3) is 0.600. The van der Waals surface area contributed by atoms with Gasteiger partial charge in [-0.2, -0.15) is 0 Å². The Morgan fingerprint density at radius 3 is 2.81 bits per heavy atom. The zero-order valence-electron chi connectivity index (χ0n) is 12.1. The summed E-state index contributed by atoms with van der Waals surface area (Å²) in [7, 11) is 0. The van der Waals surface area contributed by atoms with Crippen molar-refractivity contribution in [1.82, 2.24) is 0 Å². The molecule has 2 saturated heterocycles. The second kappa shape index (κ2) is 6.30. The largest absolute Gasteiger partial charge is 0.377 e. The second-order valence-corrected chi connectivity index (χ2v) is 5.67. The SMILES string of the molecule is O=[N+]([O-])c1ccc(N2CCCC2)cc1NC[C@@H]1CCCO1. The van der Waals surface area contributed by atoms with E-state index in [-0.39, 0.29) is 16.7 Å². The number of nitrogens with one attached hydrogen (secondary N) is 1. The molecule has 0 spiro atoms. The van der Waals surface area contributed by atoms with Crippen LogP contribution in [0.3, 0.4) is 0 Å². The average Bonchev–Trinajstić information content (AvgIpc) is 3.18. The molecule has 2 heterocycles. The van der Waals surface area contributed by atoms with Crippen molar-refractivity contribution in [2.24, 2.45) is 0 Å². The van der Waals surface area contributed by atoms with Gasteiger partial charge in [-0.3, -0.25) is 10.1 Å². The number of nitro groups is 1. The van der Waals surface area contributed by atoms with Crippen LogP contribution in [0.2, 0.25) is 0 Å². The lowest BCUT2D eigenvalue weighted by Gasteiger charge is -2.19. The molecule has 0 unspecified atom stereocenters. The van der Waals surface area contributed by atoms with E-state index in [1.165, 1.54) is 12.8 Å². The second-order valence-electron chi connectivity index (χ2n) is 5.67. The van der Waals surface area contributed by atoms with Crippen LogP contribution in [0.4, 0.5) is 17.1 Å². The van der Waals surface area contributed by atoms with Gasteiger partial charge in [-0.1, -0.05) is 0 Å². The molecule has 21 heavy (non-hydrogen) atoms. The van der Waals surface area contributed by atoms with Crippen LogP contribution in [-0.2, 0) is 4.74 Å². The maximum Gasteiger partial charge on any atom is 0.292 e. The highest BCUT2D eigenvalue weighted by molar-refractivity contribution is 5.69. The third-order valence-electron chi connectivity index (χ3n) is 4.19. The summed E-state index contributed by atoms with van der Waals surface area (Å²) in [4.78, 5) is 13.1. The van der Waals surface area contributed by atoms with Crippen LogP contribution in [0.1, 0.15) is 25.7 Å². The van der Waals surface area contributed by atoms with E-state index in [9.17, 15) is 10.1 Å². The van der Waals surface area contributed by atoms with Crippen molar-refractivity contribution in [3.05, 3.63) is 28.3 Å². The molecule has 114 valence electrons. The van der Waals surface area contributed by atoms with E-state index < -0.39 is 0 Å². The first kappa shape index (κ1) is 14.1. The molecule has 6 nitrogen and oxygen atoms in total. The number of nitrogens with zero attached hydrogens (tertiary/aromatic N) is 2. The van der Waals surface area contributed by atoms with Crippen molar-refractivity contribution in [2.45, 2.75) is 31.8 Å². The van der Waals surface area contributed by atoms with Crippen LogP contribution >= 0.6 is 0 Å². The lowest BCUT2D eigenvalue weighted by Crippen LogP contribution is -2.20. The minimum Gasteiger partial charge on any atom is -0.377 e. The Labute approximate surface area is 124 Å². The lowest BCUT2D eigenvalue weighted by atomic mass is 10.2. The minimum absolute atomic E-state index is 0.135. The zero-order chi connectivity index (χ0) is 14.7. The average molecular weight is 291 g/mol. The minimum atomic E-state index is -0.328. The van der Waals surface area contributed by atoms with Crippen LogP contribution in [0.25, 0.3) is 0 Å². The molecule has 1 N–H and O–H groups in total. The topological polar surface area (TPSA) is 67.6 Å². The molecule has 1 aromatic carbocycles. The van der Waals surface area contributed by atoms with Gasteiger partial charge in [0.1, 0.15) is 5.69 Å². The van der Waals surface area contributed by atoms with Gasteiger partial charge in [0, 0.05) is 38.0 Å². The zero-order valence-corrected chi connectivity index (χ0v) is 12.1. The summed E-state index contributed by atoms with van der Waals surface area (Å²) in [5, 5.41) is 14.4. The summed E-state index contributed by atoms with van der Waals surface area (Å²) in [5.41, 5.74) is 1.80. The summed E-state index contributed by atoms with van der Waals surface area (Å²) in [6, 6.07) is 5.35. The van der Waals surface area contributed by atoms with Crippen molar-refractivity contribution < 1.29 is 9.66 Å². The summed E-state index contributed by atoms with van der Waals surface area (Å²) in [6.07, 6.45) is 4.64. The maximum atomic E-state index is 11.2. The van der Waals surface area contributed by atoms with E-state index in [1.807, 2.05) is 12.1 Å². The molecule has 2 aliphatic rings. The number of anilines is 2. The summed E-state index contributed by atoms with van der Waals surface area (Å²) in [5.74, 6) is 0. The Balaban J connectivity index is 1.76. The molecule has 0 saturated carbocycles. The highest BCUT2D eigenvalue weighted by atomic mass is 16.6. The predicted molar refractivity (Wildman–Crippen MR) is 82.0 cm³/mol. The van der Waals surface area contributed by atoms with E-state index in [1.54, 1.807) is 6.07 Å². The molecule has 1 atom stereocenters. The molecule has 6 heteroatoms. The van der Waals surface area contributed by atoms with Crippen LogP contribution in [-0.4, -0.2) is 37.3 Å². The number of hydrogen-bond donors (Lipinski definition) is 1. The molecule has 0 bridgehead atoms. The smallest absolute Gasteiger partial charge is 0.292 e. The summed E-state index contributed by atoms with van der Waals surface area (Å²) >= 11 is 0. The molecular formula is C15H21N3O3. The molecular weight excluding hydrogens is 270 g/mol. The van der Waals surface area contributed by atoms with E-state index >= 15 is 0 Å². The Morgan fingerprint density at radius 1 is 1.33 bits per heavy atom. The van der Waals surface area contributed by atoms with E-state index in [2.05, 4.69) is 10.2 Å². The van der Waals surface area contributed by atoms with E-state index in [0.717, 1.165) is 38.2 Å². The number of benzene rings is 1. The van der Waals surface area contributed by atoms with Gasteiger partial charge in [0.15, 0.2) is 0 Å². The number of rotatable bonds is 5. The highest BCUT2D eigenvalue weighted by Gasteiger charge is 2.20. The summed E-state index contributed by atoms with van der Waals surface area (Å²) < 4.78 is 5.56. The van der Waals surface area contributed by atoms with Gasteiger partial charge >= 0.3 is 0 Å². The lowest BCUT2D eigenvalue weighted by molar-refractivity contribution is -0.383. The summed E-state index contributed by atoms with van der Waals surface area (Å²) in [6.45, 7) is 3.48. The van der Waals surface area contributed by atoms with Crippen LogP contribution in [0.15, 0.2) is 18.2 Å². The van der Waals surface area contributed by atoms with Crippen LogP contribution in [0.5, 0.6) is 0 Å². The quantitative estimate of drug-likeness (QED) is 0.667. The number of ether oxygens (including phenoxy) is 1. The molecule has 0 radical (unpaired) electrons. The molecule has 2 aliphatic heterocycles. The predicted octanol–water partition coefficient (Wildman–Crippen LogP) is 2.79. The number of nitro benzene ring substituents is 1.